The minimum absolute atomic E-state index is 0.0169. The Labute approximate surface area is 230 Å². The van der Waals surface area contributed by atoms with Crippen LogP contribution in [0.5, 0.6) is 0 Å². The summed E-state index contributed by atoms with van der Waals surface area (Å²) in [5, 5.41) is 3.13. The zero-order valence-corrected chi connectivity index (χ0v) is 23.1. The molecule has 0 aromatic heterocycles. The molecular weight excluding hydrogens is 496 g/mol. The predicted octanol–water partition coefficient (Wildman–Crippen LogP) is 1.45. The van der Waals surface area contributed by atoms with E-state index >= 15 is 0 Å². The molecule has 10 heteroatoms. The van der Waals surface area contributed by atoms with Gasteiger partial charge in [0.05, 0.1) is 5.92 Å². The molecular formula is C29H40N6O4. The molecule has 0 radical (unpaired) electrons. The van der Waals surface area contributed by atoms with Crippen molar-refractivity contribution in [1.29, 1.82) is 0 Å². The first kappa shape index (κ1) is 26.1. The second-order valence-corrected chi connectivity index (χ2v) is 11.9. The molecule has 0 unspecified atom stereocenters. The lowest BCUT2D eigenvalue weighted by Gasteiger charge is -2.38. The van der Waals surface area contributed by atoms with E-state index < -0.39 is 11.5 Å². The highest BCUT2D eigenvalue weighted by atomic mass is 16.2. The van der Waals surface area contributed by atoms with Crippen molar-refractivity contribution < 1.29 is 19.2 Å². The van der Waals surface area contributed by atoms with E-state index in [1.165, 1.54) is 0 Å². The van der Waals surface area contributed by atoms with Crippen LogP contribution in [0.2, 0.25) is 0 Å². The molecule has 4 saturated heterocycles. The summed E-state index contributed by atoms with van der Waals surface area (Å²) < 4.78 is 0. The summed E-state index contributed by atoms with van der Waals surface area (Å²) in [4.78, 5) is 63.6. The van der Waals surface area contributed by atoms with Crippen LogP contribution in [0.1, 0.15) is 44.1 Å². The number of carbonyl (C=O) groups excluding carboxylic acids is 4. The van der Waals surface area contributed by atoms with Crippen LogP contribution in [-0.4, -0.2) is 109 Å². The Kier molecular flexibility index (Phi) is 6.77. The van der Waals surface area contributed by atoms with Gasteiger partial charge in [0, 0.05) is 76.6 Å². The van der Waals surface area contributed by atoms with Gasteiger partial charge in [-0.25, -0.2) is 4.79 Å². The van der Waals surface area contributed by atoms with Crippen molar-refractivity contribution in [1.82, 2.24) is 24.9 Å². The Bertz CT molecular complexity index is 1160. The first-order valence-electron chi connectivity index (χ1n) is 14.5. The molecule has 1 aromatic carbocycles. The van der Waals surface area contributed by atoms with Crippen molar-refractivity contribution >= 4 is 29.4 Å². The van der Waals surface area contributed by atoms with Crippen LogP contribution in [0.3, 0.4) is 0 Å². The summed E-state index contributed by atoms with van der Waals surface area (Å²) >= 11 is 0. The lowest BCUT2D eigenvalue weighted by molar-refractivity contribution is -0.140. The van der Waals surface area contributed by atoms with E-state index in [1.54, 1.807) is 23.9 Å². The van der Waals surface area contributed by atoms with Crippen molar-refractivity contribution in [2.45, 2.75) is 50.1 Å². The minimum Gasteiger partial charge on any atom is -0.356 e. The van der Waals surface area contributed by atoms with Gasteiger partial charge in [0.15, 0.2) is 0 Å². The van der Waals surface area contributed by atoms with Gasteiger partial charge in [-0.1, -0.05) is 18.2 Å². The van der Waals surface area contributed by atoms with Gasteiger partial charge >= 0.3 is 6.03 Å². The minimum atomic E-state index is -0.957. The van der Waals surface area contributed by atoms with Gasteiger partial charge in [-0.3, -0.25) is 19.3 Å². The smallest absolute Gasteiger partial charge is 0.319 e. The fourth-order valence-electron chi connectivity index (χ4n) is 7.80. The maximum Gasteiger partial charge on any atom is 0.319 e. The maximum absolute atomic E-state index is 14.5. The SMILES string of the molecule is CN(C)C(=O)N1CCC(C(=O)N2CCCNC(=O)[C@H]3C[C@@H]4CCCN4[C@@]34C(=O)N(CC2)c2ccccc24)CC1. The van der Waals surface area contributed by atoms with Gasteiger partial charge in [0.2, 0.25) is 11.8 Å². The maximum atomic E-state index is 14.5. The average Bonchev–Trinajstić information content (AvgIpc) is 3.60. The van der Waals surface area contributed by atoms with Gasteiger partial charge in [-0.05, 0) is 51.1 Å². The lowest BCUT2D eigenvalue weighted by Crippen LogP contribution is -2.57. The number of benzene rings is 1. The number of piperidine rings is 1. The number of likely N-dealkylation sites (tertiary alicyclic amines) is 1. The molecule has 0 saturated carbocycles. The van der Waals surface area contributed by atoms with Crippen molar-refractivity contribution in [2.75, 3.05) is 64.8 Å². The molecule has 0 aliphatic carbocycles. The molecule has 5 aliphatic heterocycles. The number of fused-ring (bicyclic) bond motifs is 4. The van der Waals surface area contributed by atoms with Crippen molar-refractivity contribution in [3.63, 3.8) is 0 Å². The molecule has 5 aliphatic rings. The molecule has 1 aromatic rings. The number of nitrogens with one attached hydrogen (secondary N) is 1. The van der Waals surface area contributed by atoms with Crippen LogP contribution in [-0.2, 0) is 19.9 Å². The second kappa shape index (κ2) is 10.1. The lowest BCUT2D eigenvalue weighted by atomic mass is 9.78. The van der Waals surface area contributed by atoms with Gasteiger partial charge in [0.25, 0.3) is 5.91 Å². The van der Waals surface area contributed by atoms with Crippen LogP contribution < -0.4 is 10.2 Å². The fraction of sp³-hybridized carbons (Fsp3) is 0.655. The number of hydrogen-bond donors (Lipinski definition) is 1. The first-order valence-corrected chi connectivity index (χ1v) is 14.5. The second-order valence-electron chi connectivity index (χ2n) is 11.9. The zero-order chi connectivity index (χ0) is 27.3. The molecule has 1 spiro atoms. The number of hydrogen-bond acceptors (Lipinski definition) is 5. The van der Waals surface area contributed by atoms with E-state index in [0.29, 0.717) is 65.0 Å². The summed E-state index contributed by atoms with van der Waals surface area (Å²) in [6.07, 6.45) is 4.71. The van der Waals surface area contributed by atoms with E-state index in [2.05, 4.69) is 10.2 Å². The molecule has 5 amide bonds. The molecule has 10 nitrogen and oxygen atoms in total. The van der Waals surface area contributed by atoms with Crippen LogP contribution in [0, 0.1) is 11.8 Å². The highest BCUT2D eigenvalue weighted by Gasteiger charge is 2.67. The van der Waals surface area contributed by atoms with E-state index in [9.17, 15) is 19.2 Å². The summed E-state index contributed by atoms with van der Waals surface area (Å²) in [5.74, 6) is -0.532. The molecule has 4 fully saturated rings. The van der Waals surface area contributed by atoms with Gasteiger partial charge in [-0.15, -0.1) is 0 Å². The number of nitrogens with zero attached hydrogens (tertiary/aromatic N) is 5. The largest absolute Gasteiger partial charge is 0.356 e. The third-order valence-corrected chi connectivity index (χ3v) is 9.64. The Balaban J connectivity index is 1.26. The Morgan fingerprint density at radius 3 is 2.46 bits per heavy atom. The quantitative estimate of drug-likeness (QED) is 0.586. The molecule has 39 heavy (non-hydrogen) atoms. The van der Waals surface area contributed by atoms with Crippen LogP contribution in [0.15, 0.2) is 24.3 Å². The number of urea groups is 1. The van der Waals surface area contributed by atoms with Gasteiger partial charge in [0.1, 0.15) is 5.54 Å². The summed E-state index contributed by atoms with van der Waals surface area (Å²) in [6.45, 7) is 3.83. The Hall–Kier alpha value is -3.14. The third-order valence-electron chi connectivity index (χ3n) is 9.64. The standard InChI is InChI=1S/C29H40N6O4/c1-31(2)28(39)33-15-10-20(11-16-33)26(37)32-13-6-12-30-25(36)23-19-21-7-5-14-35(21)29(23)22-8-3-4-9-24(22)34(18-17-32)27(29)38/h3-4,8-9,20-21,23H,5-7,10-19H2,1-2H3,(H,30,36)/t21-,23+,29+/m0/s1. The monoisotopic (exact) mass is 536 g/mol. The molecule has 5 heterocycles. The Morgan fingerprint density at radius 2 is 1.69 bits per heavy atom. The topological polar surface area (TPSA) is 96.5 Å². The molecule has 1 N–H and O–H groups in total. The van der Waals surface area contributed by atoms with E-state index in [1.807, 2.05) is 34.1 Å². The summed E-state index contributed by atoms with van der Waals surface area (Å²) in [5.41, 5.74) is 0.853. The third kappa shape index (κ3) is 4.10. The fourth-order valence-corrected chi connectivity index (χ4v) is 7.80. The number of rotatable bonds is 1. The van der Waals surface area contributed by atoms with Crippen LogP contribution >= 0.6 is 0 Å². The number of carbonyl (C=O) groups is 4. The first-order chi connectivity index (χ1) is 18.8. The van der Waals surface area contributed by atoms with E-state index in [0.717, 1.165) is 30.6 Å². The highest BCUT2D eigenvalue weighted by Crippen LogP contribution is 2.57. The molecule has 210 valence electrons. The number of amides is 5. The normalized spacial score (nSPS) is 29.7. The number of anilines is 1. The molecule has 6 rings (SSSR count). The van der Waals surface area contributed by atoms with Crippen molar-refractivity contribution in [3.8, 4) is 0 Å². The summed E-state index contributed by atoms with van der Waals surface area (Å²) in [6, 6.07) is 8.16. The van der Waals surface area contributed by atoms with Crippen molar-refractivity contribution in [2.24, 2.45) is 11.8 Å². The highest BCUT2D eigenvalue weighted by molar-refractivity contribution is 6.11. The molecule has 3 atom stereocenters. The van der Waals surface area contributed by atoms with Crippen LogP contribution in [0.25, 0.3) is 0 Å². The zero-order valence-electron chi connectivity index (χ0n) is 23.1. The molecule has 2 bridgehead atoms. The number of para-hydroxylation sites is 1. The van der Waals surface area contributed by atoms with Crippen LogP contribution in [0.4, 0.5) is 10.5 Å². The predicted molar refractivity (Wildman–Crippen MR) is 146 cm³/mol. The van der Waals surface area contributed by atoms with E-state index in [4.69, 9.17) is 0 Å². The van der Waals surface area contributed by atoms with Gasteiger partial charge < -0.3 is 24.9 Å². The average molecular weight is 537 g/mol. The van der Waals surface area contributed by atoms with E-state index in [-0.39, 0.29) is 35.7 Å². The van der Waals surface area contributed by atoms with Gasteiger partial charge in [-0.2, -0.15) is 0 Å². The summed E-state index contributed by atoms with van der Waals surface area (Å²) in [7, 11) is 3.49. The Morgan fingerprint density at radius 1 is 0.923 bits per heavy atom. The van der Waals surface area contributed by atoms with Crippen molar-refractivity contribution in [3.05, 3.63) is 29.8 Å².